The Bertz CT molecular complexity index is 388. The number of benzene rings is 1. The lowest BCUT2D eigenvalue weighted by Crippen LogP contribution is -2.35. The molecule has 1 fully saturated rings. The SMILES string of the molecule is O=C(O)CCN(CCN1CCCC1)c1ccccc1. The Balaban J connectivity index is 1.91. The molecule has 0 spiro atoms. The zero-order valence-corrected chi connectivity index (χ0v) is 11.3. The van der Waals surface area contributed by atoms with Gasteiger partial charge in [0.1, 0.15) is 0 Å². The van der Waals surface area contributed by atoms with Gasteiger partial charge in [-0.3, -0.25) is 4.79 Å². The van der Waals surface area contributed by atoms with Crippen molar-refractivity contribution in [2.75, 3.05) is 37.6 Å². The molecule has 4 nitrogen and oxygen atoms in total. The van der Waals surface area contributed by atoms with Crippen LogP contribution in [0.2, 0.25) is 0 Å². The van der Waals surface area contributed by atoms with Crippen molar-refractivity contribution in [3.05, 3.63) is 30.3 Å². The molecule has 0 radical (unpaired) electrons. The molecule has 1 aromatic rings. The summed E-state index contributed by atoms with van der Waals surface area (Å²) in [6.07, 6.45) is 2.77. The van der Waals surface area contributed by atoms with Gasteiger partial charge in [-0.05, 0) is 38.1 Å². The molecule has 104 valence electrons. The van der Waals surface area contributed by atoms with E-state index in [9.17, 15) is 4.79 Å². The Kier molecular flexibility index (Phi) is 5.21. The van der Waals surface area contributed by atoms with Crippen LogP contribution in [-0.4, -0.2) is 48.7 Å². The fourth-order valence-corrected chi connectivity index (χ4v) is 2.51. The molecule has 0 atom stereocenters. The number of likely N-dealkylation sites (tertiary alicyclic amines) is 1. The first-order chi connectivity index (χ1) is 9.25. The second kappa shape index (κ2) is 7.14. The van der Waals surface area contributed by atoms with Gasteiger partial charge in [0.15, 0.2) is 0 Å². The molecule has 0 saturated carbocycles. The number of carboxylic acids is 1. The second-order valence-electron chi connectivity index (χ2n) is 5.02. The van der Waals surface area contributed by atoms with Crippen molar-refractivity contribution >= 4 is 11.7 Å². The van der Waals surface area contributed by atoms with E-state index in [0.29, 0.717) is 6.54 Å². The molecule has 1 aliphatic heterocycles. The molecule has 0 aromatic heterocycles. The highest BCUT2D eigenvalue weighted by Gasteiger charge is 2.14. The Hall–Kier alpha value is -1.55. The molecule has 1 heterocycles. The minimum absolute atomic E-state index is 0.189. The molecular formula is C15H22N2O2. The molecule has 1 saturated heterocycles. The van der Waals surface area contributed by atoms with Crippen LogP contribution in [0, 0.1) is 0 Å². The number of carboxylic acid groups (broad SMARTS) is 1. The van der Waals surface area contributed by atoms with E-state index in [4.69, 9.17) is 5.11 Å². The van der Waals surface area contributed by atoms with Crippen molar-refractivity contribution in [1.82, 2.24) is 4.90 Å². The number of rotatable bonds is 7. The smallest absolute Gasteiger partial charge is 0.305 e. The Morgan fingerprint density at radius 3 is 2.47 bits per heavy atom. The summed E-state index contributed by atoms with van der Waals surface area (Å²) < 4.78 is 0. The van der Waals surface area contributed by atoms with Crippen molar-refractivity contribution in [2.24, 2.45) is 0 Å². The van der Waals surface area contributed by atoms with Crippen molar-refractivity contribution in [3.63, 3.8) is 0 Å². The van der Waals surface area contributed by atoms with Crippen LogP contribution in [0.15, 0.2) is 30.3 Å². The van der Waals surface area contributed by atoms with E-state index in [1.54, 1.807) is 0 Å². The van der Waals surface area contributed by atoms with Crippen molar-refractivity contribution < 1.29 is 9.90 Å². The molecule has 0 bridgehead atoms. The summed E-state index contributed by atoms with van der Waals surface area (Å²) in [5.74, 6) is -0.734. The number of anilines is 1. The lowest BCUT2D eigenvalue weighted by atomic mass is 10.2. The highest BCUT2D eigenvalue weighted by Crippen LogP contribution is 2.14. The summed E-state index contributed by atoms with van der Waals surface area (Å²) in [6.45, 7) is 4.86. The van der Waals surface area contributed by atoms with Gasteiger partial charge in [-0.15, -0.1) is 0 Å². The standard InChI is InChI=1S/C15H22N2O2/c18-15(19)8-11-17(14-6-2-1-3-7-14)13-12-16-9-4-5-10-16/h1-3,6-7H,4-5,8-13H2,(H,18,19). The zero-order valence-electron chi connectivity index (χ0n) is 11.3. The van der Waals surface area contributed by atoms with Crippen molar-refractivity contribution in [3.8, 4) is 0 Å². The summed E-state index contributed by atoms with van der Waals surface area (Å²) in [6, 6.07) is 10.1. The molecule has 1 aromatic carbocycles. The summed E-state index contributed by atoms with van der Waals surface area (Å²) in [5.41, 5.74) is 1.11. The van der Waals surface area contributed by atoms with Crippen LogP contribution in [0.3, 0.4) is 0 Å². The largest absolute Gasteiger partial charge is 0.481 e. The highest BCUT2D eigenvalue weighted by molar-refractivity contribution is 5.67. The lowest BCUT2D eigenvalue weighted by molar-refractivity contribution is -0.136. The van der Waals surface area contributed by atoms with Crippen molar-refractivity contribution in [1.29, 1.82) is 0 Å². The highest BCUT2D eigenvalue weighted by atomic mass is 16.4. The van der Waals surface area contributed by atoms with E-state index >= 15 is 0 Å². The van der Waals surface area contributed by atoms with Gasteiger partial charge in [-0.2, -0.15) is 0 Å². The van der Waals surface area contributed by atoms with Crippen LogP contribution in [0.25, 0.3) is 0 Å². The van der Waals surface area contributed by atoms with Gasteiger partial charge in [0.25, 0.3) is 0 Å². The Morgan fingerprint density at radius 2 is 1.84 bits per heavy atom. The van der Waals surface area contributed by atoms with Crippen LogP contribution in [0.5, 0.6) is 0 Å². The summed E-state index contributed by atoms with van der Waals surface area (Å²) in [7, 11) is 0. The van der Waals surface area contributed by atoms with Crippen LogP contribution in [0.4, 0.5) is 5.69 Å². The maximum absolute atomic E-state index is 10.8. The fraction of sp³-hybridized carbons (Fsp3) is 0.533. The molecule has 1 aliphatic rings. The first-order valence-corrected chi connectivity index (χ1v) is 7.00. The first kappa shape index (κ1) is 13.9. The Labute approximate surface area is 114 Å². The average molecular weight is 262 g/mol. The van der Waals surface area contributed by atoms with E-state index in [2.05, 4.69) is 9.80 Å². The third kappa shape index (κ3) is 4.56. The number of para-hydroxylation sites is 1. The third-order valence-corrected chi connectivity index (χ3v) is 3.60. The molecule has 0 unspecified atom stereocenters. The van der Waals surface area contributed by atoms with E-state index in [-0.39, 0.29) is 6.42 Å². The number of hydrogen-bond acceptors (Lipinski definition) is 3. The van der Waals surface area contributed by atoms with E-state index in [1.807, 2.05) is 30.3 Å². The molecule has 4 heteroatoms. The quantitative estimate of drug-likeness (QED) is 0.817. The van der Waals surface area contributed by atoms with Crippen LogP contribution in [-0.2, 0) is 4.79 Å². The average Bonchev–Trinajstić information content (AvgIpc) is 2.93. The molecule has 0 amide bonds. The molecule has 2 rings (SSSR count). The monoisotopic (exact) mass is 262 g/mol. The predicted octanol–water partition coefficient (Wildman–Crippen LogP) is 2.06. The summed E-state index contributed by atoms with van der Waals surface area (Å²) >= 11 is 0. The minimum Gasteiger partial charge on any atom is -0.481 e. The van der Waals surface area contributed by atoms with E-state index in [0.717, 1.165) is 18.8 Å². The van der Waals surface area contributed by atoms with Crippen LogP contribution in [0.1, 0.15) is 19.3 Å². The van der Waals surface area contributed by atoms with Gasteiger partial charge < -0.3 is 14.9 Å². The predicted molar refractivity (Wildman–Crippen MR) is 76.6 cm³/mol. The molecule has 1 N–H and O–H groups in total. The summed E-state index contributed by atoms with van der Waals surface area (Å²) in [4.78, 5) is 15.4. The first-order valence-electron chi connectivity index (χ1n) is 7.00. The third-order valence-electron chi connectivity index (χ3n) is 3.60. The van der Waals surface area contributed by atoms with Gasteiger partial charge >= 0.3 is 5.97 Å². The normalized spacial score (nSPS) is 15.6. The topological polar surface area (TPSA) is 43.8 Å². The van der Waals surface area contributed by atoms with Gasteiger partial charge in [-0.25, -0.2) is 0 Å². The van der Waals surface area contributed by atoms with Gasteiger partial charge in [0, 0.05) is 25.3 Å². The maximum atomic E-state index is 10.8. The van der Waals surface area contributed by atoms with Crippen LogP contribution < -0.4 is 4.90 Å². The minimum atomic E-state index is -0.734. The van der Waals surface area contributed by atoms with E-state index in [1.165, 1.54) is 25.9 Å². The van der Waals surface area contributed by atoms with Crippen LogP contribution >= 0.6 is 0 Å². The lowest BCUT2D eigenvalue weighted by Gasteiger charge is -2.26. The molecular weight excluding hydrogens is 240 g/mol. The van der Waals surface area contributed by atoms with Crippen molar-refractivity contribution in [2.45, 2.75) is 19.3 Å². The summed E-state index contributed by atoms with van der Waals surface area (Å²) in [5, 5.41) is 8.85. The molecule has 0 aliphatic carbocycles. The maximum Gasteiger partial charge on any atom is 0.305 e. The Morgan fingerprint density at radius 1 is 1.16 bits per heavy atom. The number of aliphatic carboxylic acids is 1. The number of carbonyl (C=O) groups is 1. The second-order valence-corrected chi connectivity index (χ2v) is 5.02. The fourth-order valence-electron chi connectivity index (χ4n) is 2.51. The number of nitrogens with zero attached hydrogens (tertiary/aromatic N) is 2. The zero-order chi connectivity index (χ0) is 13.5. The van der Waals surface area contributed by atoms with Gasteiger partial charge in [-0.1, -0.05) is 18.2 Å². The van der Waals surface area contributed by atoms with E-state index < -0.39 is 5.97 Å². The van der Waals surface area contributed by atoms with Gasteiger partial charge in [0.05, 0.1) is 6.42 Å². The molecule has 19 heavy (non-hydrogen) atoms. The number of hydrogen-bond donors (Lipinski definition) is 1. The van der Waals surface area contributed by atoms with Gasteiger partial charge in [0.2, 0.25) is 0 Å².